The minimum absolute atomic E-state index is 0.0238. The summed E-state index contributed by atoms with van der Waals surface area (Å²) >= 11 is 0. The third-order valence-electron chi connectivity index (χ3n) is 2.71. The molecule has 4 nitrogen and oxygen atoms in total. The number of nitrogens with zero attached hydrogens (tertiary/aromatic N) is 1. The molecular weight excluding hydrogens is 178 g/mol. The molecule has 0 radical (unpaired) electrons. The van der Waals surface area contributed by atoms with Gasteiger partial charge in [-0.15, -0.1) is 0 Å². The quantitative estimate of drug-likeness (QED) is 0.660. The van der Waals surface area contributed by atoms with Gasteiger partial charge in [-0.2, -0.15) is 0 Å². The molecule has 0 aliphatic heterocycles. The van der Waals surface area contributed by atoms with Crippen molar-refractivity contribution < 1.29 is 4.79 Å². The van der Waals surface area contributed by atoms with Crippen molar-refractivity contribution in [2.75, 3.05) is 27.2 Å². The van der Waals surface area contributed by atoms with Crippen LogP contribution in [0.4, 0.5) is 0 Å². The fourth-order valence-corrected chi connectivity index (χ4v) is 0.743. The zero-order chi connectivity index (χ0) is 11.4. The minimum Gasteiger partial charge on any atom is -0.354 e. The Kier molecular flexibility index (Phi) is 5.08. The maximum atomic E-state index is 11.4. The predicted octanol–water partition coefficient (Wildman–Crippen LogP) is 0.0376. The molecular formula is C10H23N3O. The molecule has 0 saturated carbocycles. The summed E-state index contributed by atoms with van der Waals surface area (Å²) in [6.07, 6.45) is 0. The summed E-state index contributed by atoms with van der Waals surface area (Å²) in [5.74, 6) is -0.0737. The molecule has 3 N–H and O–H groups in total. The summed E-state index contributed by atoms with van der Waals surface area (Å²) < 4.78 is 0. The summed E-state index contributed by atoms with van der Waals surface area (Å²) in [4.78, 5) is 13.5. The molecule has 1 amide bonds. The van der Waals surface area contributed by atoms with Crippen molar-refractivity contribution >= 4 is 5.91 Å². The summed E-state index contributed by atoms with van der Waals surface area (Å²) in [7, 11) is 4.00. The van der Waals surface area contributed by atoms with Crippen LogP contribution in [0, 0.1) is 5.92 Å². The molecule has 0 aromatic rings. The van der Waals surface area contributed by atoms with Crippen molar-refractivity contribution in [2.45, 2.75) is 26.3 Å². The van der Waals surface area contributed by atoms with Crippen LogP contribution in [0.1, 0.15) is 20.8 Å². The molecule has 0 saturated heterocycles. The van der Waals surface area contributed by atoms with Gasteiger partial charge in [0.15, 0.2) is 0 Å². The molecule has 0 aromatic carbocycles. The van der Waals surface area contributed by atoms with Crippen LogP contribution in [-0.4, -0.2) is 43.5 Å². The van der Waals surface area contributed by atoms with Crippen molar-refractivity contribution in [1.29, 1.82) is 0 Å². The van der Waals surface area contributed by atoms with E-state index in [1.807, 2.05) is 21.0 Å². The van der Waals surface area contributed by atoms with E-state index in [1.165, 1.54) is 0 Å². The van der Waals surface area contributed by atoms with Gasteiger partial charge in [-0.3, -0.25) is 4.79 Å². The lowest BCUT2D eigenvalue weighted by Crippen LogP contribution is -2.49. The van der Waals surface area contributed by atoms with Gasteiger partial charge in [-0.1, -0.05) is 6.92 Å². The Morgan fingerprint density at radius 2 is 2.00 bits per heavy atom. The first-order valence-electron chi connectivity index (χ1n) is 4.96. The number of nitrogens with two attached hydrogens (primary N) is 1. The Hall–Kier alpha value is -0.610. The number of nitrogens with one attached hydrogen (secondary N) is 1. The Labute approximate surface area is 86.8 Å². The van der Waals surface area contributed by atoms with Gasteiger partial charge in [-0.25, -0.2) is 0 Å². The fraction of sp³-hybridized carbons (Fsp3) is 0.900. The van der Waals surface area contributed by atoms with Crippen LogP contribution >= 0.6 is 0 Å². The lowest BCUT2D eigenvalue weighted by Gasteiger charge is -2.32. The maximum absolute atomic E-state index is 11.4. The first-order valence-corrected chi connectivity index (χ1v) is 4.96. The van der Waals surface area contributed by atoms with Crippen LogP contribution < -0.4 is 11.1 Å². The SMILES string of the molecule is CC(CN)C(=O)NCC(C)(C)N(C)C. The molecule has 84 valence electrons. The molecule has 0 bridgehead atoms. The van der Waals surface area contributed by atoms with E-state index in [9.17, 15) is 4.79 Å². The first kappa shape index (κ1) is 13.4. The van der Waals surface area contributed by atoms with Crippen LogP contribution in [0.5, 0.6) is 0 Å². The number of hydrogen-bond donors (Lipinski definition) is 2. The molecule has 0 aromatic heterocycles. The Balaban J connectivity index is 4.00. The van der Waals surface area contributed by atoms with E-state index in [2.05, 4.69) is 24.1 Å². The molecule has 0 aliphatic carbocycles. The summed E-state index contributed by atoms with van der Waals surface area (Å²) in [6, 6.07) is 0. The molecule has 0 fully saturated rings. The molecule has 0 spiro atoms. The summed E-state index contributed by atoms with van der Waals surface area (Å²) in [5, 5.41) is 2.89. The number of amides is 1. The number of carbonyl (C=O) groups is 1. The van der Waals surface area contributed by atoms with Gasteiger partial charge >= 0.3 is 0 Å². The van der Waals surface area contributed by atoms with Crippen molar-refractivity contribution in [2.24, 2.45) is 11.7 Å². The van der Waals surface area contributed by atoms with Crippen molar-refractivity contribution in [3.63, 3.8) is 0 Å². The summed E-state index contributed by atoms with van der Waals surface area (Å²) in [6.45, 7) is 7.04. The van der Waals surface area contributed by atoms with Crippen LogP contribution in [0.3, 0.4) is 0 Å². The number of hydrogen-bond acceptors (Lipinski definition) is 3. The van der Waals surface area contributed by atoms with Gasteiger partial charge < -0.3 is 16.0 Å². The predicted molar refractivity (Wildman–Crippen MR) is 59.0 cm³/mol. The van der Waals surface area contributed by atoms with E-state index in [-0.39, 0.29) is 17.4 Å². The van der Waals surface area contributed by atoms with Crippen molar-refractivity contribution in [3.05, 3.63) is 0 Å². The van der Waals surface area contributed by atoms with Crippen molar-refractivity contribution in [1.82, 2.24) is 10.2 Å². The maximum Gasteiger partial charge on any atom is 0.224 e. The smallest absolute Gasteiger partial charge is 0.224 e. The molecule has 14 heavy (non-hydrogen) atoms. The highest BCUT2D eigenvalue weighted by molar-refractivity contribution is 5.78. The highest BCUT2D eigenvalue weighted by Crippen LogP contribution is 2.08. The molecule has 0 heterocycles. The van der Waals surface area contributed by atoms with Crippen LogP contribution in [-0.2, 0) is 4.79 Å². The molecule has 1 atom stereocenters. The second-order valence-corrected chi connectivity index (χ2v) is 4.56. The standard InChI is InChI=1S/C10H23N3O/c1-8(6-11)9(14)12-7-10(2,3)13(4)5/h8H,6-7,11H2,1-5H3,(H,12,14). The number of rotatable bonds is 5. The monoisotopic (exact) mass is 201 g/mol. The zero-order valence-corrected chi connectivity index (χ0v) is 9.92. The fourth-order valence-electron chi connectivity index (χ4n) is 0.743. The minimum atomic E-state index is -0.104. The van der Waals surface area contributed by atoms with E-state index in [1.54, 1.807) is 0 Å². The second kappa shape index (κ2) is 5.32. The van der Waals surface area contributed by atoms with Gasteiger partial charge in [0.25, 0.3) is 0 Å². The third kappa shape index (κ3) is 4.07. The second-order valence-electron chi connectivity index (χ2n) is 4.56. The van der Waals surface area contributed by atoms with E-state index >= 15 is 0 Å². The van der Waals surface area contributed by atoms with Gasteiger partial charge in [0.2, 0.25) is 5.91 Å². The van der Waals surface area contributed by atoms with Crippen LogP contribution in [0.25, 0.3) is 0 Å². The average molecular weight is 201 g/mol. The van der Waals surface area contributed by atoms with E-state index in [4.69, 9.17) is 5.73 Å². The highest BCUT2D eigenvalue weighted by Gasteiger charge is 2.22. The lowest BCUT2D eigenvalue weighted by molar-refractivity contribution is -0.124. The first-order chi connectivity index (χ1) is 6.31. The Morgan fingerprint density at radius 1 is 1.50 bits per heavy atom. The van der Waals surface area contributed by atoms with Gasteiger partial charge in [-0.05, 0) is 27.9 Å². The van der Waals surface area contributed by atoms with Gasteiger partial charge in [0.05, 0.1) is 0 Å². The summed E-state index contributed by atoms with van der Waals surface area (Å²) in [5.41, 5.74) is 5.38. The molecule has 1 unspecified atom stereocenters. The topological polar surface area (TPSA) is 58.4 Å². The van der Waals surface area contributed by atoms with E-state index in [0.717, 1.165) is 0 Å². The average Bonchev–Trinajstić information content (AvgIpc) is 2.12. The molecule has 4 heteroatoms. The normalized spacial score (nSPS) is 14.2. The van der Waals surface area contributed by atoms with Gasteiger partial charge in [0, 0.05) is 24.5 Å². The largest absolute Gasteiger partial charge is 0.354 e. The van der Waals surface area contributed by atoms with Gasteiger partial charge in [0.1, 0.15) is 0 Å². The third-order valence-corrected chi connectivity index (χ3v) is 2.71. The number of carbonyl (C=O) groups excluding carboxylic acids is 1. The molecule has 0 aliphatic rings. The van der Waals surface area contributed by atoms with Crippen LogP contribution in [0.2, 0.25) is 0 Å². The Morgan fingerprint density at radius 3 is 2.36 bits per heavy atom. The Bertz CT molecular complexity index is 190. The molecule has 0 rings (SSSR count). The number of likely N-dealkylation sites (N-methyl/N-ethyl adjacent to an activating group) is 1. The highest BCUT2D eigenvalue weighted by atomic mass is 16.1. The zero-order valence-electron chi connectivity index (χ0n) is 9.92. The van der Waals surface area contributed by atoms with E-state index in [0.29, 0.717) is 13.1 Å². The lowest BCUT2D eigenvalue weighted by atomic mass is 10.0. The van der Waals surface area contributed by atoms with Crippen LogP contribution in [0.15, 0.2) is 0 Å². The van der Waals surface area contributed by atoms with E-state index < -0.39 is 0 Å². The van der Waals surface area contributed by atoms with Crippen molar-refractivity contribution in [3.8, 4) is 0 Å².